The largest absolute Gasteiger partial charge is 0.304 e. The second-order valence-electron chi connectivity index (χ2n) is 6.01. The Bertz CT molecular complexity index is 940. The first-order valence-electron chi connectivity index (χ1n) is 8.17. The highest BCUT2D eigenvalue weighted by Crippen LogP contribution is 2.48. The molecule has 0 saturated heterocycles. The van der Waals surface area contributed by atoms with Crippen LogP contribution in [-0.4, -0.2) is 16.1 Å². The highest BCUT2D eigenvalue weighted by atomic mass is 32.2. The molecule has 132 valence electrons. The molecule has 1 amide bonds. The third kappa shape index (κ3) is 3.21. The molecule has 1 aromatic heterocycles. The highest BCUT2D eigenvalue weighted by Gasteiger charge is 2.33. The van der Waals surface area contributed by atoms with Gasteiger partial charge in [0, 0.05) is 21.5 Å². The number of hydrogen-bond donors (Lipinski definition) is 2. The molecule has 2 heterocycles. The fourth-order valence-electron chi connectivity index (χ4n) is 3.06. The zero-order valence-electron chi connectivity index (χ0n) is 14.0. The van der Waals surface area contributed by atoms with Crippen molar-refractivity contribution in [1.82, 2.24) is 10.5 Å². The summed E-state index contributed by atoms with van der Waals surface area (Å²) < 4.78 is 2.12. The Morgan fingerprint density at radius 3 is 2.69 bits per heavy atom. The summed E-state index contributed by atoms with van der Waals surface area (Å²) in [4.78, 5) is 17.4. The molecule has 0 aliphatic carbocycles. The van der Waals surface area contributed by atoms with Crippen LogP contribution in [0.15, 0.2) is 58.8 Å². The van der Waals surface area contributed by atoms with Crippen molar-refractivity contribution >= 4 is 34.9 Å². The maximum Gasteiger partial charge on any atom is 0.245 e. The third-order valence-corrected chi connectivity index (χ3v) is 6.30. The van der Waals surface area contributed by atoms with Gasteiger partial charge in [-0.3, -0.25) is 10.0 Å². The molecule has 26 heavy (non-hydrogen) atoms. The molecular formula is C19H17N3O2S2. The number of hydrogen-bond acceptors (Lipinski definition) is 6. The molecule has 4 rings (SSSR count). The van der Waals surface area contributed by atoms with Crippen LogP contribution in [0.3, 0.4) is 0 Å². The Morgan fingerprint density at radius 2 is 2.00 bits per heavy atom. The van der Waals surface area contributed by atoms with E-state index in [0.717, 1.165) is 32.4 Å². The highest BCUT2D eigenvalue weighted by molar-refractivity contribution is 8.01. The minimum absolute atomic E-state index is 0.129. The van der Waals surface area contributed by atoms with Crippen LogP contribution >= 0.6 is 23.3 Å². The minimum atomic E-state index is -0.396. The van der Waals surface area contributed by atoms with E-state index in [-0.39, 0.29) is 12.5 Å². The van der Waals surface area contributed by atoms with Crippen LogP contribution in [-0.2, 0) is 4.79 Å². The van der Waals surface area contributed by atoms with Gasteiger partial charge >= 0.3 is 0 Å². The number of thiazole rings is 1. The normalized spacial score (nSPS) is 15.8. The lowest BCUT2D eigenvalue weighted by Crippen LogP contribution is -2.26. The molecule has 7 heteroatoms. The Morgan fingerprint density at radius 1 is 1.23 bits per heavy atom. The van der Waals surface area contributed by atoms with E-state index in [1.165, 1.54) is 0 Å². The summed E-state index contributed by atoms with van der Waals surface area (Å²) in [5.74, 6) is -0.396. The van der Waals surface area contributed by atoms with Crippen LogP contribution in [0.25, 0.3) is 11.3 Å². The van der Waals surface area contributed by atoms with E-state index in [1.54, 1.807) is 28.8 Å². The summed E-state index contributed by atoms with van der Waals surface area (Å²) in [5.41, 5.74) is 5.91. The molecule has 0 bridgehead atoms. The monoisotopic (exact) mass is 383 g/mol. The van der Waals surface area contributed by atoms with Gasteiger partial charge in [0.15, 0.2) is 0 Å². The molecule has 2 aromatic carbocycles. The molecule has 0 radical (unpaired) electrons. The maximum absolute atomic E-state index is 11.8. The molecule has 1 atom stereocenters. The summed E-state index contributed by atoms with van der Waals surface area (Å²) in [6.45, 7) is 2.00. The first-order chi connectivity index (χ1) is 12.7. The molecule has 0 fully saturated rings. The first kappa shape index (κ1) is 17.1. The van der Waals surface area contributed by atoms with Crippen molar-refractivity contribution in [1.29, 1.82) is 0 Å². The quantitative estimate of drug-likeness (QED) is 0.392. The van der Waals surface area contributed by atoms with Crippen molar-refractivity contribution in [2.75, 3.05) is 4.31 Å². The molecule has 5 nitrogen and oxygen atoms in total. The lowest BCUT2D eigenvalue weighted by molar-refractivity contribution is -0.129. The van der Waals surface area contributed by atoms with Crippen molar-refractivity contribution in [3.8, 4) is 11.3 Å². The van der Waals surface area contributed by atoms with Gasteiger partial charge in [-0.1, -0.05) is 30.3 Å². The van der Waals surface area contributed by atoms with E-state index in [9.17, 15) is 4.79 Å². The van der Waals surface area contributed by atoms with Crippen LogP contribution in [0.2, 0.25) is 0 Å². The number of aromatic nitrogens is 1. The Labute approximate surface area is 159 Å². The average molecular weight is 383 g/mol. The number of nitrogens with zero attached hydrogens (tertiary/aromatic N) is 2. The number of nitrogens with one attached hydrogen (secondary N) is 1. The standard InChI is InChI=1S/C19H17N3O2S2/c1-12-20-16(11-25-12)13-6-8-14(9-7-13)22-17(10-19(23)21-24)15-4-2-3-5-18(15)26-22/h2-9,11,17,24H,10H2,1H3,(H,21,23). The first-order valence-corrected chi connectivity index (χ1v) is 9.82. The number of rotatable bonds is 4. The van der Waals surface area contributed by atoms with Gasteiger partial charge < -0.3 is 4.31 Å². The number of aryl methyl sites for hydroxylation is 1. The van der Waals surface area contributed by atoms with E-state index in [1.807, 2.05) is 37.3 Å². The van der Waals surface area contributed by atoms with E-state index < -0.39 is 5.91 Å². The van der Waals surface area contributed by atoms with Crippen molar-refractivity contribution in [3.63, 3.8) is 0 Å². The van der Waals surface area contributed by atoms with Crippen LogP contribution in [0.1, 0.15) is 23.0 Å². The molecule has 1 aliphatic heterocycles. The molecule has 2 N–H and O–H groups in total. The maximum atomic E-state index is 11.8. The molecule has 0 spiro atoms. The molecule has 1 aliphatic rings. The summed E-state index contributed by atoms with van der Waals surface area (Å²) in [6, 6.07) is 16.1. The van der Waals surface area contributed by atoms with Crippen molar-refractivity contribution < 1.29 is 10.0 Å². The number of fused-ring (bicyclic) bond motifs is 1. The second-order valence-corrected chi connectivity index (χ2v) is 8.09. The molecule has 1 unspecified atom stereocenters. The van der Waals surface area contributed by atoms with E-state index >= 15 is 0 Å². The zero-order valence-corrected chi connectivity index (χ0v) is 15.7. The Balaban J connectivity index is 1.64. The van der Waals surface area contributed by atoms with Gasteiger partial charge in [-0.05, 0) is 42.6 Å². The fraction of sp³-hybridized carbons (Fsp3) is 0.158. The predicted octanol–water partition coefficient (Wildman–Crippen LogP) is 4.58. The van der Waals surface area contributed by atoms with E-state index in [4.69, 9.17) is 5.21 Å². The average Bonchev–Trinajstić information content (AvgIpc) is 3.26. The summed E-state index contributed by atoms with van der Waals surface area (Å²) in [7, 11) is 0. The van der Waals surface area contributed by atoms with Crippen LogP contribution in [0, 0.1) is 6.92 Å². The van der Waals surface area contributed by atoms with Gasteiger partial charge in [-0.25, -0.2) is 10.5 Å². The number of hydroxylamine groups is 1. The summed E-state index contributed by atoms with van der Waals surface area (Å²) in [5, 5.41) is 12.0. The van der Waals surface area contributed by atoms with Crippen LogP contribution < -0.4 is 9.79 Å². The van der Waals surface area contributed by atoms with Crippen LogP contribution in [0.4, 0.5) is 5.69 Å². The second kappa shape index (κ2) is 7.11. The molecule has 3 aromatic rings. The van der Waals surface area contributed by atoms with Gasteiger partial charge in [0.05, 0.1) is 23.2 Å². The zero-order chi connectivity index (χ0) is 18.1. The Kier molecular flexibility index (Phi) is 4.67. The van der Waals surface area contributed by atoms with Gasteiger partial charge in [0.25, 0.3) is 0 Å². The topological polar surface area (TPSA) is 65.5 Å². The van der Waals surface area contributed by atoms with Gasteiger partial charge in [-0.15, -0.1) is 11.3 Å². The van der Waals surface area contributed by atoms with Gasteiger partial charge in [0.2, 0.25) is 5.91 Å². The summed E-state index contributed by atoms with van der Waals surface area (Å²) >= 11 is 3.25. The smallest absolute Gasteiger partial charge is 0.245 e. The van der Waals surface area contributed by atoms with Crippen LogP contribution in [0.5, 0.6) is 0 Å². The molecular weight excluding hydrogens is 366 g/mol. The number of carbonyl (C=O) groups excluding carboxylic acids is 1. The van der Waals surface area contributed by atoms with Gasteiger partial charge in [0.1, 0.15) is 0 Å². The number of carbonyl (C=O) groups is 1. The number of anilines is 1. The number of amides is 1. The SMILES string of the molecule is Cc1nc(-c2ccc(N3Sc4ccccc4C3CC(=O)NO)cc2)cs1. The van der Waals surface area contributed by atoms with Crippen molar-refractivity contribution in [2.24, 2.45) is 0 Å². The minimum Gasteiger partial charge on any atom is -0.304 e. The fourth-order valence-corrected chi connectivity index (χ4v) is 4.88. The third-order valence-electron chi connectivity index (χ3n) is 4.30. The predicted molar refractivity (Wildman–Crippen MR) is 104 cm³/mol. The van der Waals surface area contributed by atoms with Gasteiger partial charge in [-0.2, -0.15) is 0 Å². The van der Waals surface area contributed by atoms with E-state index in [2.05, 4.69) is 32.9 Å². The summed E-state index contributed by atoms with van der Waals surface area (Å²) in [6.07, 6.45) is 0.188. The lowest BCUT2D eigenvalue weighted by atomic mass is 10.0. The number of benzene rings is 2. The molecule has 0 saturated carbocycles. The van der Waals surface area contributed by atoms with E-state index in [0.29, 0.717) is 0 Å². The van der Waals surface area contributed by atoms with Crippen molar-refractivity contribution in [3.05, 3.63) is 64.5 Å². The van der Waals surface area contributed by atoms with Crippen molar-refractivity contribution in [2.45, 2.75) is 24.3 Å². The lowest BCUT2D eigenvalue weighted by Gasteiger charge is -2.25. The Hall–Kier alpha value is -2.35.